The second kappa shape index (κ2) is 15.6. The minimum absolute atomic E-state index is 0.119. The first-order valence-corrected chi connectivity index (χ1v) is 13.0. The number of benzene rings is 2. The lowest BCUT2D eigenvalue weighted by atomic mass is 9.98. The number of hydrogen-bond acceptors (Lipinski definition) is 4. The van der Waals surface area contributed by atoms with Gasteiger partial charge >= 0.3 is 6.18 Å². The number of alkyl halides is 3. The Morgan fingerprint density at radius 3 is 2.40 bits per heavy atom. The van der Waals surface area contributed by atoms with E-state index >= 15 is 0 Å². The summed E-state index contributed by atoms with van der Waals surface area (Å²) in [6.45, 7) is 5.44. The molecule has 0 saturated heterocycles. The van der Waals surface area contributed by atoms with E-state index in [0.29, 0.717) is 26.2 Å². The molecule has 1 unspecified atom stereocenters. The third-order valence-electron chi connectivity index (χ3n) is 6.09. The summed E-state index contributed by atoms with van der Waals surface area (Å²) in [5.74, 6) is -3.11. The summed E-state index contributed by atoms with van der Waals surface area (Å²) < 4.78 is 40.5. The third kappa shape index (κ3) is 10.00. The van der Waals surface area contributed by atoms with Crippen molar-refractivity contribution in [1.29, 1.82) is 0 Å². The Hall–Kier alpha value is -3.92. The fourth-order valence-electron chi connectivity index (χ4n) is 3.82. The average Bonchev–Trinajstić information content (AvgIpc) is 3.04. The minimum Gasteiger partial charge on any atom is -0.375 e. The monoisotopic (exact) mass is 559 g/mol. The van der Waals surface area contributed by atoms with Crippen LogP contribution in [0.25, 0.3) is 11.1 Å². The number of carbonyl (C=O) groups is 3. The van der Waals surface area contributed by atoms with E-state index in [1.807, 2.05) is 48.2 Å². The van der Waals surface area contributed by atoms with Gasteiger partial charge in [0.05, 0.1) is 25.3 Å². The molecule has 2 aromatic rings. The highest BCUT2D eigenvalue weighted by atomic mass is 19.4. The third-order valence-corrected chi connectivity index (χ3v) is 6.09. The fraction of sp³-hybridized carbons (Fsp3) is 0.367. The Labute approximate surface area is 232 Å². The topological polar surface area (TPSA) is 102 Å². The molecular formula is C30H36F3N3O4. The first-order chi connectivity index (χ1) is 19.0. The van der Waals surface area contributed by atoms with Crippen LogP contribution in [0.2, 0.25) is 0 Å². The Morgan fingerprint density at radius 2 is 1.77 bits per heavy atom. The van der Waals surface area contributed by atoms with Crippen molar-refractivity contribution in [3.63, 3.8) is 0 Å². The normalized spacial score (nSPS) is 14.0. The largest absolute Gasteiger partial charge is 0.405 e. The second-order valence-electron chi connectivity index (χ2n) is 9.08. The maximum atomic E-state index is 12.9. The van der Waals surface area contributed by atoms with Gasteiger partial charge in [0.15, 0.2) is 0 Å². The Morgan fingerprint density at radius 1 is 1.12 bits per heavy atom. The minimum atomic E-state index is -4.48. The molecule has 1 aliphatic heterocycles. The van der Waals surface area contributed by atoms with E-state index < -0.39 is 30.5 Å². The number of para-hydroxylation sites is 1. The zero-order valence-corrected chi connectivity index (χ0v) is 23.0. The van der Waals surface area contributed by atoms with Crippen LogP contribution in [0.3, 0.4) is 0 Å². The SMILES string of the molecule is C/C=C(\C=C/CC)COCCN1C(=O)Cc2ccccc2-c2ccccc21.CC(C(N)=O)C(=O)NCC(F)(F)F. The molecule has 3 rings (SSSR count). The van der Waals surface area contributed by atoms with Crippen molar-refractivity contribution in [1.82, 2.24) is 5.32 Å². The zero-order valence-electron chi connectivity index (χ0n) is 23.0. The fourth-order valence-corrected chi connectivity index (χ4v) is 3.82. The number of allylic oxidation sites excluding steroid dienone is 2. The molecule has 0 aliphatic carbocycles. The highest BCUT2D eigenvalue weighted by Crippen LogP contribution is 2.36. The molecule has 1 heterocycles. The van der Waals surface area contributed by atoms with Gasteiger partial charge in [-0.05, 0) is 43.0 Å². The van der Waals surface area contributed by atoms with Crippen LogP contribution in [0.5, 0.6) is 0 Å². The molecule has 0 bridgehead atoms. The van der Waals surface area contributed by atoms with Gasteiger partial charge < -0.3 is 20.7 Å². The lowest BCUT2D eigenvalue weighted by Crippen LogP contribution is -2.41. The van der Waals surface area contributed by atoms with Gasteiger partial charge in [-0.25, -0.2) is 0 Å². The average molecular weight is 560 g/mol. The van der Waals surface area contributed by atoms with Crippen molar-refractivity contribution in [2.24, 2.45) is 11.7 Å². The molecule has 40 heavy (non-hydrogen) atoms. The molecule has 1 atom stereocenters. The van der Waals surface area contributed by atoms with E-state index in [1.54, 1.807) is 0 Å². The molecule has 2 aromatic carbocycles. The van der Waals surface area contributed by atoms with Gasteiger partial charge in [-0.15, -0.1) is 0 Å². The Kier molecular flexibility index (Phi) is 12.6. The van der Waals surface area contributed by atoms with E-state index in [-0.39, 0.29) is 5.91 Å². The van der Waals surface area contributed by atoms with Gasteiger partial charge in [-0.1, -0.05) is 67.6 Å². The van der Waals surface area contributed by atoms with Crippen molar-refractivity contribution >= 4 is 23.4 Å². The van der Waals surface area contributed by atoms with Crippen LogP contribution in [0.15, 0.2) is 72.3 Å². The molecular weight excluding hydrogens is 523 g/mol. The lowest BCUT2D eigenvalue weighted by molar-refractivity contribution is -0.143. The number of rotatable bonds is 10. The molecule has 216 valence electrons. The molecule has 3 N–H and O–H groups in total. The Bertz CT molecular complexity index is 1220. The maximum absolute atomic E-state index is 12.9. The zero-order chi connectivity index (χ0) is 29.7. The summed E-state index contributed by atoms with van der Waals surface area (Å²) in [5.41, 5.74) is 10.2. The first-order valence-electron chi connectivity index (χ1n) is 13.0. The number of ether oxygens (including phenoxy) is 1. The van der Waals surface area contributed by atoms with Crippen LogP contribution in [-0.4, -0.2) is 50.2 Å². The quantitative estimate of drug-likeness (QED) is 0.244. The molecule has 7 nitrogen and oxygen atoms in total. The van der Waals surface area contributed by atoms with Gasteiger partial charge in [0.25, 0.3) is 0 Å². The van der Waals surface area contributed by atoms with E-state index in [0.717, 1.165) is 41.3 Å². The van der Waals surface area contributed by atoms with Crippen LogP contribution in [0, 0.1) is 5.92 Å². The number of nitrogens with zero attached hydrogens (tertiary/aromatic N) is 1. The smallest absolute Gasteiger partial charge is 0.375 e. The number of carbonyl (C=O) groups excluding carboxylic acids is 3. The number of nitrogens with one attached hydrogen (secondary N) is 1. The number of fused-ring (bicyclic) bond motifs is 3. The van der Waals surface area contributed by atoms with E-state index in [9.17, 15) is 27.6 Å². The predicted octanol–water partition coefficient (Wildman–Crippen LogP) is 4.96. The molecule has 1 aliphatic rings. The molecule has 0 radical (unpaired) electrons. The first kappa shape index (κ1) is 32.3. The van der Waals surface area contributed by atoms with E-state index in [1.165, 1.54) is 5.32 Å². The highest BCUT2D eigenvalue weighted by molar-refractivity contribution is 6.02. The van der Waals surface area contributed by atoms with Gasteiger partial charge in [0.2, 0.25) is 17.7 Å². The number of primary amides is 1. The van der Waals surface area contributed by atoms with Crippen LogP contribution in [-0.2, 0) is 25.5 Å². The number of halogens is 3. The van der Waals surface area contributed by atoms with Crippen molar-refractivity contribution in [3.8, 4) is 11.1 Å². The van der Waals surface area contributed by atoms with Crippen LogP contribution in [0.1, 0.15) is 32.8 Å². The van der Waals surface area contributed by atoms with E-state index in [4.69, 9.17) is 10.5 Å². The van der Waals surface area contributed by atoms with Crippen LogP contribution >= 0.6 is 0 Å². The molecule has 10 heteroatoms. The van der Waals surface area contributed by atoms with Gasteiger partial charge in [0, 0.05) is 12.1 Å². The molecule has 3 amide bonds. The molecule has 0 aromatic heterocycles. The maximum Gasteiger partial charge on any atom is 0.405 e. The molecule has 0 spiro atoms. The van der Waals surface area contributed by atoms with Gasteiger partial charge in [0.1, 0.15) is 12.5 Å². The summed E-state index contributed by atoms with van der Waals surface area (Å²) in [7, 11) is 0. The number of amides is 3. The van der Waals surface area contributed by atoms with Crippen molar-refractivity contribution < 1.29 is 32.3 Å². The lowest BCUT2D eigenvalue weighted by Gasteiger charge is -2.23. The van der Waals surface area contributed by atoms with Crippen LogP contribution in [0.4, 0.5) is 18.9 Å². The summed E-state index contributed by atoms with van der Waals surface area (Å²) >= 11 is 0. The van der Waals surface area contributed by atoms with Gasteiger partial charge in [-0.3, -0.25) is 14.4 Å². The summed E-state index contributed by atoms with van der Waals surface area (Å²) in [6.07, 6.45) is 3.25. The molecule has 0 fully saturated rings. The standard InChI is InChI=1S/C24H27NO2.C6H9F3N2O2/c1-3-5-10-19(4-2)18-27-16-15-25-23-14-9-8-13-22(23)21-12-7-6-11-20(21)17-24(25)26;1-3(4(10)12)5(13)11-2-6(7,8)9/h4-14H,3,15-18H2,1-2H3;3H,2H2,1H3,(H2,10,12)(H,11,13)/b10-5-,19-4+;. The summed E-state index contributed by atoms with van der Waals surface area (Å²) in [6, 6.07) is 16.3. The summed E-state index contributed by atoms with van der Waals surface area (Å²) in [4.78, 5) is 35.8. The highest BCUT2D eigenvalue weighted by Gasteiger charge is 2.29. The molecule has 0 saturated carbocycles. The predicted molar refractivity (Wildman–Crippen MR) is 149 cm³/mol. The Balaban J connectivity index is 0.000000366. The van der Waals surface area contributed by atoms with Gasteiger partial charge in [-0.2, -0.15) is 13.2 Å². The van der Waals surface area contributed by atoms with E-state index in [2.05, 4.69) is 37.3 Å². The number of anilines is 1. The summed E-state index contributed by atoms with van der Waals surface area (Å²) in [5, 5.41) is 1.54. The number of hydrogen-bond donors (Lipinski definition) is 2. The van der Waals surface area contributed by atoms with Crippen molar-refractivity contribution in [2.75, 3.05) is 31.2 Å². The van der Waals surface area contributed by atoms with Crippen molar-refractivity contribution in [3.05, 3.63) is 77.9 Å². The van der Waals surface area contributed by atoms with Crippen molar-refractivity contribution in [2.45, 2.75) is 39.8 Å². The number of nitrogens with two attached hydrogens (primary N) is 1. The van der Waals surface area contributed by atoms with Crippen LogP contribution < -0.4 is 16.0 Å². The second-order valence-corrected chi connectivity index (χ2v) is 9.08.